The highest BCUT2D eigenvalue weighted by molar-refractivity contribution is 5.00. The summed E-state index contributed by atoms with van der Waals surface area (Å²) in [7, 11) is 0. The van der Waals surface area contributed by atoms with E-state index in [1.807, 2.05) is 6.92 Å². The first-order valence-corrected chi connectivity index (χ1v) is 6.07. The lowest BCUT2D eigenvalue weighted by molar-refractivity contribution is 0.312. The number of allylic oxidation sites excluding steroid dienone is 1. The zero-order valence-electron chi connectivity index (χ0n) is 9.76. The quantitative estimate of drug-likeness (QED) is 0.681. The monoisotopic (exact) mass is 195 g/mol. The Morgan fingerprint density at radius 2 is 1.93 bits per heavy atom. The molecule has 0 aromatic rings. The van der Waals surface area contributed by atoms with Crippen molar-refractivity contribution >= 4 is 0 Å². The summed E-state index contributed by atoms with van der Waals surface area (Å²) in [5.74, 6) is 0.955. The fourth-order valence-corrected chi connectivity index (χ4v) is 2.46. The SMILES string of the molecule is C/C=C/[C@@](C)(N)CCC1CCCCC1. The minimum atomic E-state index is -0.0772. The van der Waals surface area contributed by atoms with Crippen molar-refractivity contribution in [1.82, 2.24) is 0 Å². The molecule has 0 aromatic carbocycles. The first kappa shape index (κ1) is 11.8. The van der Waals surface area contributed by atoms with Gasteiger partial charge in [0.2, 0.25) is 0 Å². The van der Waals surface area contributed by atoms with Gasteiger partial charge in [-0.3, -0.25) is 0 Å². The van der Waals surface area contributed by atoms with Gasteiger partial charge in [-0.15, -0.1) is 0 Å². The lowest BCUT2D eigenvalue weighted by atomic mass is 9.83. The lowest BCUT2D eigenvalue weighted by Crippen LogP contribution is -2.34. The van der Waals surface area contributed by atoms with Gasteiger partial charge < -0.3 is 5.73 Å². The zero-order valence-corrected chi connectivity index (χ0v) is 9.76. The second-order valence-electron chi connectivity index (χ2n) is 5.05. The molecule has 1 heteroatoms. The predicted molar refractivity (Wildman–Crippen MR) is 63.2 cm³/mol. The molecule has 0 radical (unpaired) electrons. The third-order valence-electron chi connectivity index (χ3n) is 3.36. The van der Waals surface area contributed by atoms with E-state index in [1.165, 1.54) is 38.5 Å². The Balaban J connectivity index is 2.24. The lowest BCUT2D eigenvalue weighted by Gasteiger charge is -2.26. The Kier molecular flexibility index (Phi) is 4.67. The van der Waals surface area contributed by atoms with Gasteiger partial charge in [-0.1, -0.05) is 44.3 Å². The highest BCUT2D eigenvalue weighted by Crippen LogP contribution is 2.29. The van der Waals surface area contributed by atoms with Crippen molar-refractivity contribution in [3.05, 3.63) is 12.2 Å². The molecule has 0 saturated heterocycles. The molecule has 0 heterocycles. The van der Waals surface area contributed by atoms with E-state index in [0.717, 1.165) is 12.3 Å². The van der Waals surface area contributed by atoms with Crippen LogP contribution in [0.15, 0.2) is 12.2 Å². The highest BCUT2D eigenvalue weighted by atomic mass is 14.7. The summed E-state index contributed by atoms with van der Waals surface area (Å²) >= 11 is 0. The van der Waals surface area contributed by atoms with Crippen LogP contribution < -0.4 is 5.73 Å². The fourth-order valence-electron chi connectivity index (χ4n) is 2.46. The van der Waals surface area contributed by atoms with E-state index in [0.29, 0.717) is 0 Å². The third-order valence-corrected chi connectivity index (χ3v) is 3.36. The van der Waals surface area contributed by atoms with Crippen molar-refractivity contribution in [2.45, 2.75) is 64.3 Å². The summed E-state index contributed by atoms with van der Waals surface area (Å²) < 4.78 is 0. The minimum Gasteiger partial charge on any atom is -0.322 e. The Hall–Kier alpha value is -0.300. The van der Waals surface area contributed by atoms with Crippen LogP contribution in [0.3, 0.4) is 0 Å². The molecule has 0 spiro atoms. The molecule has 1 atom stereocenters. The molecule has 0 aliphatic heterocycles. The van der Waals surface area contributed by atoms with Gasteiger partial charge in [0, 0.05) is 5.54 Å². The van der Waals surface area contributed by atoms with E-state index in [4.69, 9.17) is 5.73 Å². The molecule has 0 amide bonds. The molecular weight excluding hydrogens is 170 g/mol. The van der Waals surface area contributed by atoms with Crippen molar-refractivity contribution in [3.63, 3.8) is 0 Å². The normalized spacial score (nSPS) is 23.9. The van der Waals surface area contributed by atoms with Crippen molar-refractivity contribution in [2.75, 3.05) is 0 Å². The van der Waals surface area contributed by atoms with E-state index >= 15 is 0 Å². The Bertz CT molecular complexity index is 176. The molecule has 1 aliphatic rings. The second-order valence-corrected chi connectivity index (χ2v) is 5.05. The van der Waals surface area contributed by atoms with Crippen LogP contribution in [0, 0.1) is 5.92 Å². The molecule has 1 aliphatic carbocycles. The predicted octanol–water partition coefficient (Wildman–Crippen LogP) is 3.64. The number of hydrogen-bond acceptors (Lipinski definition) is 1. The average Bonchev–Trinajstić information content (AvgIpc) is 2.17. The summed E-state index contributed by atoms with van der Waals surface area (Å²) in [4.78, 5) is 0. The molecule has 82 valence electrons. The van der Waals surface area contributed by atoms with Crippen LogP contribution in [-0.4, -0.2) is 5.54 Å². The standard InChI is InChI=1S/C13H25N/c1-3-10-13(2,14)11-9-12-7-5-4-6-8-12/h3,10,12H,4-9,11,14H2,1-2H3/b10-3+/t13-/m1/s1. The van der Waals surface area contributed by atoms with Crippen molar-refractivity contribution < 1.29 is 0 Å². The first-order valence-electron chi connectivity index (χ1n) is 6.07. The largest absolute Gasteiger partial charge is 0.322 e. The molecule has 1 fully saturated rings. The Morgan fingerprint density at radius 1 is 1.29 bits per heavy atom. The molecule has 0 bridgehead atoms. The first-order chi connectivity index (χ1) is 6.64. The molecule has 0 unspecified atom stereocenters. The van der Waals surface area contributed by atoms with E-state index in [-0.39, 0.29) is 5.54 Å². The van der Waals surface area contributed by atoms with Gasteiger partial charge in [0.25, 0.3) is 0 Å². The fraction of sp³-hybridized carbons (Fsp3) is 0.846. The van der Waals surface area contributed by atoms with Gasteiger partial charge in [-0.05, 0) is 32.6 Å². The maximum absolute atomic E-state index is 6.16. The summed E-state index contributed by atoms with van der Waals surface area (Å²) in [6.07, 6.45) is 13.9. The maximum atomic E-state index is 6.16. The molecule has 0 aromatic heterocycles. The van der Waals surface area contributed by atoms with Gasteiger partial charge >= 0.3 is 0 Å². The van der Waals surface area contributed by atoms with Crippen LogP contribution >= 0.6 is 0 Å². The molecule has 14 heavy (non-hydrogen) atoms. The molecule has 2 N–H and O–H groups in total. The van der Waals surface area contributed by atoms with Gasteiger partial charge in [0.1, 0.15) is 0 Å². The van der Waals surface area contributed by atoms with Crippen LogP contribution in [-0.2, 0) is 0 Å². The van der Waals surface area contributed by atoms with Gasteiger partial charge in [-0.2, -0.15) is 0 Å². The molecule has 1 saturated carbocycles. The summed E-state index contributed by atoms with van der Waals surface area (Å²) in [5, 5.41) is 0. The second kappa shape index (κ2) is 5.55. The van der Waals surface area contributed by atoms with E-state index in [9.17, 15) is 0 Å². The van der Waals surface area contributed by atoms with Crippen molar-refractivity contribution in [3.8, 4) is 0 Å². The van der Waals surface area contributed by atoms with E-state index in [1.54, 1.807) is 0 Å². The van der Waals surface area contributed by atoms with Gasteiger partial charge in [0.05, 0.1) is 0 Å². The number of rotatable bonds is 4. The van der Waals surface area contributed by atoms with Gasteiger partial charge in [-0.25, -0.2) is 0 Å². The van der Waals surface area contributed by atoms with Crippen LogP contribution in [0.25, 0.3) is 0 Å². The smallest absolute Gasteiger partial charge is 0.0310 e. The third kappa shape index (κ3) is 4.28. The van der Waals surface area contributed by atoms with Gasteiger partial charge in [0.15, 0.2) is 0 Å². The Morgan fingerprint density at radius 3 is 2.50 bits per heavy atom. The number of nitrogens with two attached hydrogens (primary N) is 1. The van der Waals surface area contributed by atoms with Crippen LogP contribution in [0.4, 0.5) is 0 Å². The number of hydrogen-bond donors (Lipinski definition) is 1. The summed E-state index contributed by atoms with van der Waals surface area (Å²) in [5.41, 5.74) is 6.08. The zero-order chi connectivity index (χ0) is 10.4. The molecular formula is C13H25N. The summed E-state index contributed by atoms with van der Waals surface area (Å²) in [6, 6.07) is 0. The van der Waals surface area contributed by atoms with E-state index in [2.05, 4.69) is 19.1 Å². The minimum absolute atomic E-state index is 0.0772. The Labute approximate surface area is 88.8 Å². The summed E-state index contributed by atoms with van der Waals surface area (Å²) in [6.45, 7) is 4.18. The topological polar surface area (TPSA) is 26.0 Å². The van der Waals surface area contributed by atoms with Crippen LogP contribution in [0.1, 0.15) is 58.8 Å². The van der Waals surface area contributed by atoms with Crippen molar-refractivity contribution in [1.29, 1.82) is 0 Å². The van der Waals surface area contributed by atoms with Crippen LogP contribution in [0.5, 0.6) is 0 Å². The average molecular weight is 195 g/mol. The van der Waals surface area contributed by atoms with E-state index < -0.39 is 0 Å². The van der Waals surface area contributed by atoms with Crippen LogP contribution in [0.2, 0.25) is 0 Å². The van der Waals surface area contributed by atoms with Crippen molar-refractivity contribution in [2.24, 2.45) is 11.7 Å². The maximum Gasteiger partial charge on any atom is 0.0310 e. The highest BCUT2D eigenvalue weighted by Gasteiger charge is 2.18. The molecule has 1 rings (SSSR count). The molecule has 1 nitrogen and oxygen atoms in total.